The van der Waals surface area contributed by atoms with Crippen LogP contribution in [0.15, 0.2) is 16.7 Å². The quantitative estimate of drug-likeness (QED) is 0.737. The zero-order valence-electron chi connectivity index (χ0n) is 8.62. The van der Waals surface area contributed by atoms with Gasteiger partial charge < -0.3 is 9.32 Å². The highest BCUT2D eigenvalue weighted by atomic mass is 16.3. The van der Waals surface area contributed by atoms with Gasteiger partial charge in [-0.2, -0.15) is 0 Å². The van der Waals surface area contributed by atoms with E-state index >= 15 is 0 Å². The third-order valence-corrected chi connectivity index (χ3v) is 2.68. The van der Waals surface area contributed by atoms with Crippen molar-refractivity contribution in [2.75, 3.05) is 6.54 Å². The summed E-state index contributed by atoms with van der Waals surface area (Å²) in [5.41, 5.74) is 0.707. The molecular formula is C11H15NO2. The molecule has 3 heteroatoms. The van der Waals surface area contributed by atoms with Crippen LogP contribution < -0.4 is 0 Å². The minimum Gasteiger partial charge on any atom is -0.469 e. The molecular weight excluding hydrogens is 178 g/mol. The van der Waals surface area contributed by atoms with Crippen molar-refractivity contribution < 1.29 is 9.21 Å². The lowest BCUT2D eigenvalue weighted by atomic mass is 10.2. The van der Waals surface area contributed by atoms with E-state index in [-0.39, 0.29) is 5.91 Å². The van der Waals surface area contributed by atoms with Crippen LogP contribution in [0.1, 0.15) is 35.9 Å². The second-order valence-corrected chi connectivity index (χ2v) is 3.71. The number of nitrogens with zero attached hydrogens (tertiary/aromatic N) is 1. The van der Waals surface area contributed by atoms with Gasteiger partial charge in [0.05, 0.1) is 11.8 Å². The van der Waals surface area contributed by atoms with E-state index in [1.165, 1.54) is 0 Å². The minimum atomic E-state index is 0.112. The number of hydrogen-bond acceptors (Lipinski definition) is 2. The molecule has 0 unspecified atom stereocenters. The molecule has 0 aliphatic heterocycles. The number of amides is 1. The van der Waals surface area contributed by atoms with Crippen LogP contribution in [0.3, 0.4) is 0 Å². The van der Waals surface area contributed by atoms with Crippen LogP contribution >= 0.6 is 0 Å². The van der Waals surface area contributed by atoms with Crippen molar-refractivity contribution in [2.45, 2.75) is 32.7 Å². The smallest absolute Gasteiger partial charge is 0.257 e. The van der Waals surface area contributed by atoms with Crippen LogP contribution in [-0.4, -0.2) is 23.4 Å². The van der Waals surface area contributed by atoms with Gasteiger partial charge in [0.1, 0.15) is 5.76 Å². The monoisotopic (exact) mass is 193 g/mol. The maximum atomic E-state index is 12.0. The molecule has 1 saturated carbocycles. The van der Waals surface area contributed by atoms with Gasteiger partial charge in [0.2, 0.25) is 0 Å². The number of carbonyl (C=O) groups excluding carboxylic acids is 1. The van der Waals surface area contributed by atoms with Crippen LogP contribution in [0.25, 0.3) is 0 Å². The first-order valence-corrected chi connectivity index (χ1v) is 5.09. The van der Waals surface area contributed by atoms with Gasteiger partial charge in [0.25, 0.3) is 5.91 Å². The Balaban J connectivity index is 2.17. The van der Waals surface area contributed by atoms with Crippen LogP contribution in [0, 0.1) is 6.92 Å². The Labute approximate surface area is 83.7 Å². The van der Waals surface area contributed by atoms with Crippen molar-refractivity contribution >= 4 is 5.91 Å². The summed E-state index contributed by atoms with van der Waals surface area (Å²) in [6.45, 7) is 4.63. The van der Waals surface area contributed by atoms with Gasteiger partial charge in [-0.25, -0.2) is 0 Å². The molecule has 0 saturated heterocycles. The zero-order valence-corrected chi connectivity index (χ0v) is 8.62. The molecule has 1 fully saturated rings. The zero-order chi connectivity index (χ0) is 10.1. The molecule has 0 bridgehead atoms. The van der Waals surface area contributed by atoms with Crippen LogP contribution in [0.2, 0.25) is 0 Å². The molecule has 0 atom stereocenters. The highest BCUT2D eigenvalue weighted by molar-refractivity contribution is 5.95. The Bertz CT molecular complexity index is 339. The Morgan fingerprint density at radius 1 is 1.64 bits per heavy atom. The normalized spacial score (nSPS) is 15.6. The van der Waals surface area contributed by atoms with E-state index in [1.807, 2.05) is 18.7 Å². The molecule has 1 aliphatic carbocycles. The fraction of sp³-hybridized carbons (Fsp3) is 0.545. The molecule has 0 radical (unpaired) electrons. The van der Waals surface area contributed by atoms with Gasteiger partial charge in [-0.15, -0.1) is 0 Å². The van der Waals surface area contributed by atoms with Crippen molar-refractivity contribution in [1.82, 2.24) is 4.90 Å². The molecule has 1 aliphatic rings. The maximum absolute atomic E-state index is 12.0. The summed E-state index contributed by atoms with van der Waals surface area (Å²) in [4.78, 5) is 13.9. The molecule has 0 aromatic carbocycles. The van der Waals surface area contributed by atoms with Crippen molar-refractivity contribution in [2.24, 2.45) is 0 Å². The molecule has 1 amide bonds. The van der Waals surface area contributed by atoms with Crippen molar-refractivity contribution in [1.29, 1.82) is 0 Å². The lowest BCUT2D eigenvalue weighted by molar-refractivity contribution is 0.0751. The second-order valence-electron chi connectivity index (χ2n) is 3.71. The molecule has 1 aromatic heterocycles. The van der Waals surface area contributed by atoms with E-state index in [9.17, 15) is 4.79 Å². The number of carbonyl (C=O) groups is 1. The average Bonchev–Trinajstić information content (AvgIpc) is 2.90. The second kappa shape index (κ2) is 3.48. The number of rotatable bonds is 3. The minimum absolute atomic E-state index is 0.112. The third-order valence-electron chi connectivity index (χ3n) is 2.68. The molecule has 76 valence electrons. The first-order chi connectivity index (χ1) is 6.74. The first kappa shape index (κ1) is 9.31. The van der Waals surface area contributed by atoms with Gasteiger partial charge in [0.15, 0.2) is 0 Å². The summed E-state index contributed by atoms with van der Waals surface area (Å²) in [5, 5.41) is 0. The predicted octanol–water partition coefficient (Wildman–Crippen LogP) is 2.21. The molecule has 1 aromatic rings. The standard InChI is InChI=1S/C11H15NO2/c1-3-12(9-4-5-9)11(13)10-6-7-14-8(10)2/h6-7,9H,3-5H2,1-2H3. The molecule has 14 heavy (non-hydrogen) atoms. The fourth-order valence-electron chi connectivity index (χ4n) is 1.72. The first-order valence-electron chi connectivity index (χ1n) is 5.09. The van der Waals surface area contributed by atoms with Crippen molar-refractivity contribution in [3.05, 3.63) is 23.7 Å². The summed E-state index contributed by atoms with van der Waals surface area (Å²) < 4.78 is 5.13. The van der Waals surface area contributed by atoms with Gasteiger partial charge in [-0.1, -0.05) is 0 Å². The fourth-order valence-corrected chi connectivity index (χ4v) is 1.72. The molecule has 0 N–H and O–H groups in total. The Kier molecular flexibility index (Phi) is 2.32. The van der Waals surface area contributed by atoms with E-state index in [2.05, 4.69) is 0 Å². The summed E-state index contributed by atoms with van der Waals surface area (Å²) >= 11 is 0. The van der Waals surface area contributed by atoms with Crippen molar-refractivity contribution in [3.63, 3.8) is 0 Å². The van der Waals surface area contributed by atoms with Crippen LogP contribution in [0.5, 0.6) is 0 Å². The van der Waals surface area contributed by atoms with Gasteiger partial charge in [-0.05, 0) is 32.8 Å². The number of aryl methyl sites for hydroxylation is 1. The molecule has 2 rings (SSSR count). The van der Waals surface area contributed by atoms with Gasteiger partial charge in [0, 0.05) is 12.6 Å². The topological polar surface area (TPSA) is 33.5 Å². The molecule has 3 nitrogen and oxygen atoms in total. The number of furan rings is 1. The van der Waals surface area contributed by atoms with Gasteiger partial charge in [-0.3, -0.25) is 4.79 Å². The maximum Gasteiger partial charge on any atom is 0.257 e. The van der Waals surface area contributed by atoms with Crippen LogP contribution in [-0.2, 0) is 0 Å². The average molecular weight is 193 g/mol. The van der Waals surface area contributed by atoms with E-state index in [4.69, 9.17) is 4.42 Å². The predicted molar refractivity (Wildman–Crippen MR) is 53.2 cm³/mol. The number of hydrogen-bond donors (Lipinski definition) is 0. The molecule has 1 heterocycles. The summed E-state index contributed by atoms with van der Waals surface area (Å²) in [6, 6.07) is 2.23. The summed E-state index contributed by atoms with van der Waals surface area (Å²) in [5.74, 6) is 0.829. The van der Waals surface area contributed by atoms with Crippen LogP contribution in [0.4, 0.5) is 0 Å². The third kappa shape index (κ3) is 1.54. The summed E-state index contributed by atoms with van der Waals surface area (Å²) in [6.07, 6.45) is 3.87. The highest BCUT2D eigenvalue weighted by Gasteiger charge is 2.32. The van der Waals surface area contributed by atoms with Crippen molar-refractivity contribution in [3.8, 4) is 0 Å². The lowest BCUT2D eigenvalue weighted by Gasteiger charge is -2.19. The largest absolute Gasteiger partial charge is 0.469 e. The Hall–Kier alpha value is -1.25. The Morgan fingerprint density at radius 3 is 2.79 bits per heavy atom. The van der Waals surface area contributed by atoms with E-state index in [1.54, 1.807) is 12.3 Å². The lowest BCUT2D eigenvalue weighted by Crippen LogP contribution is -2.32. The van der Waals surface area contributed by atoms with Gasteiger partial charge >= 0.3 is 0 Å². The van der Waals surface area contributed by atoms with E-state index in [0.717, 1.165) is 19.4 Å². The Morgan fingerprint density at radius 2 is 2.36 bits per heavy atom. The highest BCUT2D eigenvalue weighted by Crippen LogP contribution is 2.28. The van der Waals surface area contributed by atoms with E-state index in [0.29, 0.717) is 17.4 Å². The SMILES string of the molecule is CCN(C(=O)c1ccoc1C)C1CC1. The summed E-state index contributed by atoms with van der Waals surface area (Å²) in [7, 11) is 0. The molecule has 0 spiro atoms. The van der Waals surface area contributed by atoms with E-state index < -0.39 is 0 Å².